The molecule has 1 saturated heterocycles. The minimum Gasteiger partial charge on any atom is -0.370 e. The van der Waals surface area contributed by atoms with Crippen LogP contribution in [0.5, 0.6) is 0 Å². The Morgan fingerprint density at radius 2 is 1.89 bits per heavy atom. The molecule has 3 heteroatoms. The van der Waals surface area contributed by atoms with Crippen LogP contribution in [0.3, 0.4) is 0 Å². The maximum absolute atomic E-state index is 6.34. The molecule has 19 heavy (non-hydrogen) atoms. The van der Waals surface area contributed by atoms with E-state index >= 15 is 0 Å². The topological polar surface area (TPSA) is 24.5 Å². The van der Waals surface area contributed by atoms with Gasteiger partial charge in [-0.3, -0.25) is 0 Å². The van der Waals surface area contributed by atoms with Gasteiger partial charge in [-0.1, -0.05) is 26.7 Å². The Bertz CT molecular complexity index is 259. The zero-order valence-corrected chi connectivity index (χ0v) is 13.1. The van der Waals surface area contributed by atoms with E-state index in [2.05, 4.69) is 31.0 Å². The second-order valence-corrected chi connectivity index (χ2v) is 6.46. The van der Waals surface area contributed by atoms with Gasteiger partial charge >= 0.3 is 0 Å². The average Bonchev–Trinajstić information content (AvgIpc) is 3.04. The van der Waals surface area contributed by atoms with Gasteiger partial charge < -0.3 is 15.0 Å². The summed E-state index contributed by atoms with van der Waals surface area (Å²) in [5, 5.41) is 3.66. The number of likely N-dealkylation sites (N-methyl/N-ethyl adjacent to an activating group) is 1. The fraction of sp³-hybridized carbons (Fsp3) is 1.00. The van der Waals surface area contributed by atoms with E-state index in [0.29, 0.717) is 12.1 Å². The van der Waals surface area contributed by atoms with E-state index in [1.165, 1.54) is 38.5 Å². The molecule has 2 unspecified atom stereocenters. The highest BCUT2D eigenvalue weighted by Crippen LogP contribution is 2.43. The second kappa shape index (κ2) is 7.05. The molecule has 0 bridgehead atoms. The van der Waals surface area contributed by atoms with Crippen molar-refractivity contribution in [2.24, 2.45) is 0 Å². The van der Waals surface area contributed by atoms with E-state index in [-0.39, 0.29) is 5.60 Å². The van der Waals surface area contributed by atoms with Gasteiger partial charge in [-0.25, -0.2) is 0 Å². The maximum atomic E-state index is 6.34. The van der Waals surface area contributed by atoms with Crippen molar-refractivity contribution in [1.82, 2.24) is 10.2 Å². The molecule has 1 heterocycles. The Labute approximate surface area is 119 Å². The number of hydrogen-bond acceptors (Lipinski definition) is 3. The highest BCUT2D eigenvalue weighted by Gasteiger charge is 2.41. The first kappa shape index (κ1) is 15.3. The van der Waals surface area contributed by atoms with Crippen molar-refractivity contribution in [3.63, 3.8) is 0 Å². The van der Waals surface area contributed by atoms with Gasteiger partial charge in [0.1, 0.15) is 0 Å². The zero-order valence-electron chi connectivity index (χ0n) is 13.1. The lowest BCUT2D eigenvalue weighted by atomic mass is 9.98. The van der Waals surface area contributed by atoms with E-state index in [4.69, 9.17) is 4.74 Å². The lowest BCUT2D eigenvalue weighted by Gasteiger charge is -2.26. The Morgan fingerprint density at radius 1 is 1.21 bits per heavy atom. The number of ether oxygens (including phenoxy) is 1. The summed E-state index contributed by atoms with van der Waals surface area (Å²) in [5.41, 5.74) is 0.286. The fourth-order valence-corrected chi connectivity index (χ4v) is 3.69. The van der Waals surface area contributed by atoms with Crippen molar-refractivity contribution in [2.45, 2.75) is 77.0 Å². The molecule has 1 N–H and O–H groups in total. The van der Waals surface area contributed by atoms with E-state index in [1.807, 2.05) is 0 Å². The molecule has 0 aromatic rings. The van der Waals surface area contributed by atoms with Crippen molar-refractivity contribution in [3.05, 3.63) is 0 Å². The van der Waals surface area contributed by atoms with Gasteiger partial charge in [0.15, 0.2) is 0 Å². The Balaban J connectivity index is 1.66. The molecular formula is C16H32N2O. The summed E-state index contributed by atoms with van der Waals surface area (Å²) >= 11 is 0. The van der Waals surface area contributed by atoms with Gasteiger partial charge in [-0.05, 0) is 45.7 Å². The highest BCUT2D eigenvalue weighted by molar-refractivity contribution is 4.93. The van der Waals surface area contributed by atoms with Gasteiger partial charge in [0.05, 0.1) is 11.7 Å². The van der Waals surface area contributed by atoms with Gasteiger partial charge in [0, 0.05) is 19.1 Å². The first-order valence-corrected chi connectivity index (χ1v) is 8.31. The molecule has 0 amide bonds. The molecular weight excluding hydrogens is 236 g/mol. The summed E-state index contributed by atoms with van der Waals surface area (Å²) in [6, 6.07) is 0.559. The van der Waals surface area contributed by atoms with Crippen molar-refractivity contribution >= 4 is 0 Å². The van der Waals surface area contributed by atoms with Crippen LogP contribution in [0.15, 0.2) is 0 Å². The third-order valence-corrected chi connectivity index (χ3v) is 4.97. The molecule has 2 aliphatic rings. The summed E-state index contributed by atoms with van der Waals surface area (Å²) in [5.74, 6) is 0. The van der Waals surface area contributed by atoms with Crippen LogP contribution in [0.1, 0.15) is 59.3 Å². The van der Waals surface area contributed by atoms with E-state index < -0.39 is 0 Å². The van der Waals surface area contributed by atoms with Crippen LogP contribution in [0, 0.1) is 0 Å². The van der Waals surface area contributed by atoms with Crippen LogP contribution in [-0.4, -0.2) is 48.8 Å². The Kier molecular flexibility index (Phi) is 5.67. The van der Waals surface area contributed by atoms with Crippen LogP contribution in [0.25, 0.3) is 0 Å². The normalized spacial score (nSPS) is 27.5. The molecule has 0 radical (unpaired) electrons. The van der Waals surface area contributed by atoms with E-state index in [9.17, 15) is 0 Å². The SMILES string of the molecule is CCN(CC)CC(C)NCC1CCC2(CCCC2)O1. The zero-order chi connectivity index (χ0) is 13.7. The summed E-state index contributed by atoms with van der Waals surface area (Å²) in [6.45, 7) is 11.2. The van der Waals surface area contributed by atoms with Crippen molar-refractivity contribution in [2.75, 3.05) is 26.2 Å². The molecule has 0 aromatic carbocycles. The third kappa shape index (κ3) is 4.17. The molecule has 1 saturated carbocycles. The number of rotatable bonds is 7. The largest absolute Gasteiger partial charge is 0.370 e. The second-order valence-electron chi connectivity index (χ2n) is 6.46. The monoisotopic (exact) mass is 268 g/mol. The van der Waals surface area contributed by atoms with Crippen LogP contribution >= 0.6 is 0 Å². The molecule has 0 aromatic heterocycles. The van der Waals surface area contributed by atoms with Crippen LogP contribution in [0.4, 0.5) is 0 Å². The predicted molar refractivity (Wildman–Crippen MR) is 80.6 cm³/mol. The summed E-state index contributed by atoms with van der Waals surface area (Å²) in [4.78, 5) is 2.48. The first-order chi connectivity index (χ1) is 9.17. The molecule has 1 spiro atoms. The van der Waals surface area contributed by atoms with Crippen molar-refractivity contribution in [3.8, 4) is 0 Å². The molecule has 2 rings (SSSR count). The van der Waals surface area contributed by atoms with Gasteiger partial charge in [-0.2, -0.15) is 0 Å². The number of nitrogens with one attached hydrogen (secondary N) is 1. The van der Waals surface area contributed by atoms with Crippen molar-refractivity contribution < 1.29 is 4.74 Å². The molecule has 112 valence electrons. The average molecular weight is 268 g/mol. The Morgan fingerprint density at radius 3 is 2.53 bits per heavy atom. The number of nitrogens with zero attached hydrogens (tertiary/aromatic N) is 1. The first-order valence-electron chi connectivity index (χ1n) is 8.31. The number of hydrogen-bond donors (Lipinski definition) is 1. The standard InChI is InChI=1S/C16H32N2O/c1-4-18(5-2)13-14(3)17-12-15-8-11-16(19-15)9-6-7-10-16/h14-15,17H,4-13H2,1-3H3. The minimum absolute atomic E-state index is 0.286. The molecule has 2 atom stereocenters. The molecule has 3 nitrogen and oxygen atoms in total. The van der Waals surface area contributed by atoms with E-state index in [0.717, 1.165) is 26.2 Å². The van der Waals surface area contributed by atoms with Gasteiger partial charge in [0.25, 0.3) is 0 Å². The molecule has 2 fully saturated rings. The lowest BCUT2D eigenvalue weighted by Crippen LogP contribution is -2.42. The van der Waals surface area contributed by atoms with E-state index in [1.54, 1.807) is 0 Å². The predicted octanol–water partition coefficient (Wildman–Crippen LogP) is 2.80. The maximum Gasteiger partial charge on any atom is 0.0708 e. The molecule has 1 aliphatic heterocycles. The lowest BCUT2D eigenvalue weighted by molar-refractivity contribution is -0.0359. The summed E-state index contributed by atoms with van der Waals surface area (Å²) in [7, 11) is 0. The quantitative estimate of drug-likeness (QED) is 0.768. The van der Waals surface area contributed by atoms with Crippen LogP contribution in [0.2, 0.25) is 0 Å². The minimum atomic E-state index is 0.286. The molecule has 1 aliphatic carbocycles. The smallest absolute Gasteiger partial charge is 0.0708 e. The summed E-state index contributed by atoms with van der Waals surface area (Å²) < 4.78 is 6.34. The van der Waals surface area contributed by atoms with Crippen LogP contribution in [-0.2, 0) is 4.74 Å². The summed E-state index contributed by atoms with van der Waals surface area (Å²) in [6.07, 6.45) is 8.36. The third-order valence-electron chi connectivity index (χ3n) is 4.97. The fourth-order valence-electron chi connectivity index (χ4n) is 3.69. The van der Waals surface area contributed by atoms with Crippen molar-refractivity contribution in [1.29, 1.82) is 0 Å². The van der Waals surface area contributed by atoms with Gasteiger partial charge in [0.2, 0.25) is 0 Å². The Hall–Kier alpha value is -0.120. The van der Waals surface area contributed by atoms with Crippen LogP contribution < -0.4 is 5.32 Å². The highest BCUT2D eigenvalue weighted by atomic mass is 16.5. The van der Waals surface area contributed by atoms with Gasteiger partial charge in [-0.15, -0.1) is 0 Å².